The van der Waals surface area contributed by atoms with Crippen molar-refractivity contribution in [3.8, 4) is 0 Å². The molecule has 2 nitrogen and oxygen atoms in total. The topological polar surface area (TPSA) is 12.5 Å². The van der Waals surface area contributed by atoms with Crippen molar-refractivity contribution in [3.63, 3.8) is 0 Å². The van der Waals surface area contributed by atoms with Crippen molar-refractivity contribution in [2.75, 3.05) is 7.05 Å². The third-order valence-corrected chi connectivity index (χ3v) is 4.61. The molecule has 0 radical (unpaired) electrons. The molecule has 0 aromatic rings. The highest BCUT2D eigenvalue weighted by Crippen LogP contribution is 2.39. The van der Waals surface area contributed by atoms with Gasteiger partial charge in [-0.25, -0.2) is 0 Å². The molecule has 1 fully saturated rings. The minimum atomic E-state index is 0.00668. The Balaban J connectivity index is 0.00000154. The fraction of sp³-hybridized carbons (Fsp3) is 1.00. The molecule has 1 saturated heterocycles. The number of rotatable bonds is 3. The van der Waals surface area contributed by atoms with E-state index in [1.807, 2.05) is 13.8 Å². The predicted octanol–water partition coefficient (Wildman–Crippen LogP) is 4.87. The van der Waals surface area contributed by atoms with E-state index in [1.54, 1.807) is 0 Å². The van der Waals surface area contributed by atoms with E-state index in [0.29, 0.717) is 6.10 Å². The van der Waals surface area contributed by atoms with Crippen LogP contribution in [0.2, 0.25) is 0 Å². The van der Waals surface area contributed by atoms with Crippen molar-refractivity contribution in [2.24, 2.45) is 0 Å². The molecule has 0 saturated carbocycles. The number of hydrogen-bond donors (Lipinski definition) is 0. The maximum absolute atomic E-state index is 6.32. The molecule has 0 bridgehead atoms. The van der Waals surface area contributed by atoms with Gasteiger partial charge in [-0.05, 0) is 67.9 Å². The Hall–Kier alpha value is -0.0800. The predicted molar refractivity (Wildman–Crippen MR) is 85.7 cm³/mol. The molecular weight excluding hydrogens is 234 g/mol. The van der Waals surface area contributed by atoms with Gasteiger partial charge in [0.05, 0.1) is 11.7 Å². The molecule has 1 aliphatic rings. The van der Waals surface area contributed by atoms with Gasteiger partial charge in [0.1, 0.15) is 0 Å². The zero-order valence-electron chi connectivity index (χ0n) is 15.1. The summed E-state index contributed by atoms with van der Waals surface area (Å²) in [7, 11) is 2.24. The summed E-state index contributed by atoms with van der Waals surface area (Å²) in [5, 5.41) is 0. The normalized spacial score (nSPS) is 23.7. The Bertz CT molecular complexity index is 248. The molecule has 1 heterocycles. The van der Waals surface area contributed by atoms with E-state index in [9.17, 15) is 0 Å². The second kappa shape index (κ2) is 6.58. The molecule has 1 rings (SSSR count). The van der Waals surface area contributed by atoms with Crippen LogP contribution in [0.25, 0.3) is 0 Å². The maximum Gasteiger partial charge on any atom is 0.0627 e. The largest absolute Gasteiger partial charge is 0.372 e. The molecule has 0 amide bonds. The highest BCUT2D eigenvalue weighted by Gasteiger charge is 2.44. The lowest BCUT2D eigenvalue weighted by atomic mass is 9.78. The summed E-state index contributed by atoms with van der Waals surface area (Å²) in [6, 6.07) is 0. The Morgan fingerprint density at radius 2 is 1.42 bits per heavy atom. The van der Waals surface area contributed by atoms with Crippen molar-refractivity contribution in [1.29, 1.82) is 0 Å². The van der Waals surface area contributed by atoms with E-state index >= 15 is 0 Å². The molecule has 19 heavy (non-hydrogen) atoms. The van der Waals surface area contributed by atoms with Crippen molar-refractivity contribution in [1.82, 2.24) is 4.90 Å². The molecule has 0 aromatic carbocycles. The number of nitrogens with zero attached hydrogens (tertiary/aromatic N) is 1. The van der Waals surface area contributed by atoms with Gasteiger partial charge in [-0.15, -0.1) is 0 Å². The summed E-state index contributed by atoms with van der Waals surface area (Å²) >= 11 is 0. The standard InChI is InChI=1S/C15H31NO.C2H6/c1-9-15(6,7)17-12-10-13(2,3)16(8)14(4,5)11-12;1-2/h12H,9-11H2,1-8H3;1-2H3. The fourth-order valence-electron chi connectivity index (χ4n) is 2.90. The van der Waals surface area contributed by atoms with E-state index in [0.717, 1.165) is 19.3 Å². The minimum Gasteiger partial charge on any atom is -0.372 e. The van der Waals surface area contributed by atoms with E-state index in [2.05, 4.69) is 60.4 Å². The number of piperidine rings is 1. The molecule has 0 N–H and O–H groups in total. The average molecular weight is 271 g/mol. The van der Waals surface area contributed by atoms with Crippen molar-refractivity contribution in [2.45, 2.75) is 104 Å². The van der Waals surface area contributed by atoms with Gasteiger partial charge < -0.3 is 4.74 Å². The summed E-state index contributed by atoms with van der Waals surface area (Å²) in [5.41, 5.74) is 0.444. The second-order valence-corrected chi connectivity index (χ2v) is 7.45. The Kier molecular flexibility index (Phi) is 6.55. The average Bonchev–Trinajstić information content (AvgIpc) is 2.27. The highest BCUT2D eigenvalue weighted by atomic mass is 16.5. The molecule has 0 aliphatic carbocycles. The zero-order valence-corrected chi connectivity index (χ0v) is 15.1. The van der Waals surface area contributed by atoms with Crippen LogP contribution in [0, 0.1) is 0 Å². The minimum absolute atomic E-state index is 0.00668. The van der Waals surface area contributed by atoms with Gasteiger partial charge in [-0.2, -0.15) is 0 Å². The van der Waals surface area contributed by atoms with Crippen molar-refractivity contribution in [3.05, 3.63) is 0 Å². The monoisotopic (exact) mass is 271 g/mol. The van der Waals surface area contributed by atoms with E-state index in [1.165, 1.54) is 0 Å². The van der Waals surface area contributed by atoms with Gasteiger partial charge >= 0.3 is 0 Å². The molecule has 0 spiro atoms. The molecular formula is C17H37NO. The van der Waals surface area contributed by atoms with Crippen LogP contribution >= 0.6 is 0 Å². The molecule has 116 valence electrons. The van der Waals surface area contributed by atoms with Crippen LogP contribution in [-0.4, -0.2) is 34.7 Å². The number of hydrogen-bond acceptors (Lipinski definition) is 2. The van der Waals surface area contributed by atoms with Gasteiger partial charge in [-0.1, -0.05) is 20.8 Å². The van der Waals surface area contributed by atoms with Crippen LogP contribution in [0.5, 0.6) is 0 Å². The highest BCUT2D eigenvalue weighted by molar-refractivity contribution is 4.99. The molecule has 1 aliphatic heterocycles. The van der Waals surface area contributed by atoms with Crippen LogP contribution in [-0.2, 0) is 4.74 Å². The first kappa shape index (κ1) is 18.9. The van der Waals surface area contributed by atoms with Crippen LogP contribution in [0.1, 0.15) is 81.6 Å². The SMILES string of the molecule is CC.CCC(C)(C)OC1CC(C)(C)N(C)C(C)(C)C1. The summed E-state index contributed by atoms with van der Waals surface area (Å²) in [6.45, 7) is 19.9. The first-order valence-corrected chi connectivity index (χ1v) is 7.92. The van der Waals surface area contributed by atoms with Crippen LogP contribution in [0.4, 0.5) is 0 Å². The first-order chi connectivity index (χ1) is 8.50. The second-order valence-electron chi connectivity index (χ2n) is 7.45. The van der Waals surface area contributed by atoms with E-state index in [-0.39, 0.29) is 16.7 Å². The first-order valence-electron chi connectivity index (χ1n) is 7.92. The van der Waals surface area contributed by atoms with Crippen LogP contribution < -0.4 is 0 Å². The van der Waals surface area contributed by atoms with Gasteiger partial charge in [0.15, 0.2) is 0 Å². The number of likely N-dealkylation sites (tertiary alicyclic amines) is 1. The maximum atomic E-state index is 6.32. The summed E-state index contributed by atoms with van der Waals surface area (Å²) < 4.78 is 6.32. The van der Waals surface area contributed by atoms with Crippen LogP contribution in [0.3, 0.4) is 0 Å². The lowest BCUT2D eigenvalue weighted by Crippen LogP contribution is -2.60. The fourth-order valence-corrected chi connectivity index (χ4v) is 2.90. The zero-order chi connectivity index (χ0) is 15.5. The Morgan fingerprint density at radius 3 is 1.74 bits per heavy atom. The van der Waals surface area contributed by atoms with Gasteiger partial charge in [0, 0.05) is 11.1 Å². The van der Waals surface area contributed by atoms with Gasteiger partial charge in [0.2, 0.25) is 0 Å². The Labute approximate surface area is 121 Å². The molecule has 0 atom stereocenters. The molecule has 0 aromatic heterocycles. The molecule has 2 heteroatoms. The summed E-state index contributed by atoms with van der Waals surface area (Å²) in [6.07, 6.45) is 3.69. The Morgan fingerprint density at radius 1 is 1.05 bits per heavy atom. The quantitative estimate of drug-likeness (QED) is 0.726. The van der Waals surface area contributed by atoms with Gasteiger partial charge in [-0.3, -0.25) is 4.90 Å². The summed E-state index contributed by atoms with van der Waals surface area (Å²) in [5.74, 6) is 0. The van der Waals surface area contributed by atoms with Crippen molar-refractivity contribution < 1.29 is 4.74 Å². The summed E-state index contributed by atoms with van der Waals surface area (Å²) in [4.78, 5) is 2.50. The third kappa shape index (κ3) is 5.07. The lowest BCUT2D eigenvalue weighted by molar-refractivity contribution is -0.143. The third-order valence-electron chi connectivity index (χ3n) is 4.61. The molecule has 0 unspecified atom stereocenters. The van der Waals surface area contributed by atoms with Crippen molar-refractivity contribution >= 4 is 0 Å². The van der Waals surface area contributed by atoms with Crippen LogP contribution in [0.15, 0.2) is 0 Å². The van der Waals surface area contributed by atoms with E-state index in [4.69, 9.17) is 4.74 Å². The number of ether oxygens (including phenoxy) is 1. The van der Waals surface area contributed by atoms with E-state index < -0.39 is 0 Å². The smallest absolute Gasteiger partial charge is 0.0627 e. The van der Waals surface area contributed by atoms with Gasteiger partial charge in [0.25, 0.3) is 0 Å². The lowest BCUT2D eigenvalue weighted by Gasteiger charge is -2.54.